The third-order valence-corrected chi connectivity index (χ3v) is 7.58. The molecule has 4 heterocycles. The summed E-state index contributed by atoms with van der Waals surface area (Å²) in [6.45, 7) is 7.77. The fraction of sp³-hybridized carbons (Fsp3) is 0.524. The number of thiophene rings is 1. The van der Waals surface area contributed by atoms with E-state index in [1.165, 1.54) is 21.8 Å². The van der Waals surface area contributed by atoms with Gasteiger partial charge in [-0.25, -0.2) is 0 Å². The fourth-order valence-electron chi connectivity index (χ4n) is 4.11. The molecule has 0 aliphatic carbocycles. The Morgan fingerprint density at radius 1 is 1.13 bits per heavy atom. The van der Waals surface area contributed by atoms with Crippen LogP contribution in [0.2, 0.25) is 0 Å². The summed E-state index contributed by atoms with van der Waals surface area (Å²) in [4.78, 5) is 44.0. The second kappa shape index (κ2) is 7.54. The number of fused-ring (bicyclic) bond motifs is 3. The van der Waals surface area contributed by atoms with Crippen LogP contribution < -0.4 is 4.90 Å². The van der Waals surface area contributed by atoms with Crippen molar-refractivity contribution in [2.24, 2.45) is 0 Å². The van der Waals surface area contributed by atoms with Crippen molar-refractivity contribution in [3.8, 4) is 0 Å². The van der Waals surface area contributed by atoms with Gasteiger partial charge >= 0.3 is 0 Å². The van der Waals surface area contributed by atoms with Crippen LogP contribution in [-0.4, -0.2) is 64.5 Å². The van der Waals surface area contributed by atoms with Crippen molar-refractivity contribution < 1.29 is 14.4 Å². The number of hydrogen-bond acceptors (Lipinski definition) is 5. The van der Waals surface area contributed by atoms with E-state index in [1.54, 1.807) is 19.0 Å². The second-order valence-corrected chi connectivity index (χ2v) is 9.22. The average molecular weight is 430 g/mol. The lowest BCUT2D eigenvalue weighted by Gasteiger charge is -2.27. The van der Waals surface area contributed by atoms with Crippen molar-refractivity contribution >= 4 is 34.1 Å². The van der Waals surface area contributed by atoms with Crippen LogP contribution in [0.25, 0.3) is 0 Å². The maximum Gasteiger partial charge on any atom is 0.257 e. The lowest BCUT2D eigenvalue weighted by molar-refractivity contribution is -0.132. The van der Waals surface area contributed by atoms with Crippen LogP contribution >= 0.6 is 11.3 Å². The molecule has 2 aliphatic rings. The van der Waals surface area contributed by atoms with Crippen molar-refractivity contribution in [2.75, 3.05) is 32.1 Å². The zero-order valence-electron chi connectivity index (χ0n) is 18.1. The second-order valence-electron chi connectivity index (χ2n) is 8.13. The highest BCUT2D eigenvalue weighted by Crippen LogP contribution is 2.40. The van der Waals surface area contributed by atoms with Crippen LogP contribution in [0.4, 0.5) is 5.00 Å². The van der Waals surface area contributed by atoms with Crippen molar-refractivity contribution in [1.29, 1.82) is 0 Å². The first-order chi connectivity index (χ1) is 14.2. The molecule has 160 valence electrons. The Hall–Kier alpha value is -2.68. The first kappa shape index (κ1) is 20.6. The number of likely N-dealkylation sites (N-methyl/N-ethyl adjacent to an activating group) is 2. The maximum absolute atomic E-state index is 12.9. The number of aromatic nitrogens is 2. The Morgan fingerprint density at radius 2 is 1.87 bits per heavy atom. The van der Waals surface area contributed by atoms with Gasteiger partial charge in [-0.15, -0.1) is 11.3 Å². The molecule has 8 nitrogen and oxygen atoms in total. The highest BCUT2D eigenvalue weighted by atomic mass is 32.1. The lowest BCUT2D eigenvalue weighted by Crippen LogP contribution is -2.37. The molecule has 2 aliphatic heterocycles. The summed E-state index contributed by atoms with van der Waals surface area (Å²) in [5, 5.41) is 5.22. The highest BCUT2D eigenvalue weighted by Gasteiger charge is 2.36. The molecule has 0 saturated carbocycles. The summed E-state index contributed by atoms with van der Waals surface area (Å²) < 4.78 is 1.90. The van der Waals surface area contributed by atoms with Gasteiger partial charge in [-0.2, -0.15) is 5.10 Å². The topological polar surface area (TPSA) is 78.8 Å². The molecule has 0 spiro atoms. The third-order valence-electron chi connectivity index (χ3n) is 6.28. The standard InChI is InChI=1S/C21H27N5O3S/c1-12-13(2)22-26(14(12)3)9-7-17(27)25-8-6-15-16(10-25)30-21-19(15)20(29)23(4)11-18(28)24(21)5/h6-11H2,1-5H3. The highest BCUT2D eigenvalue weighted by molar-refractivity contribution is 7.17. The molecule has 30 heavy (non-hydrogen) atoms. The predicted octanol–water partition coefficient (Wildman–Crippen LogP) is 1.89. The first-order valence-electron chi connectivity index (χ1n) is 10.1. The number of anilines is 1. The van der Waals surface area contributed by atoms with E-state index in [0.29, 0.717) is 43.0 Å². The third kappa shape index (κ3) is 3.30. The van der Waals surface area contributed by atoms with Crippen LogP contribution in [0, 0.1) is 20.8 Å². The minimum Gasteiger partial charge on any atom is -0.337 e. The molecular weight excluding hydrogens is 402 g/mol. The van der Waals surface area contributed by atoms with Gasteiger partial charge in [-0.3, -0.25) is 19.1 Å². The number of nitrogens with zero attached hydrogens (tertiary/aromatic N) is 5. The zero-order valence-corrected chi connectivity index (χ0v) is 18.9. The lowest BCUT2D eigenvalue weighted by atomic mass is 10.0. The smallest absolute Gasteiger partial charge is 0.257 e. The summed E-state index contributed by atoms with van der Waals surface area (Å²) in [5.74, 6) is -0.126. The molecule has 0 N–H and O–H groups in total. The van der Waals surface area contributed by atoms with Crippen molar-refractivity contribution in [1.82, 2.24) is 19.6 Å². The van der Waals surface area contributed by atoms with Gasteiger partial charge in [0, 0.05) is 44.2 Å². The zero-order chi connectivity index (χ0) is 21.7. The summed E-state index contributed by atoms with van der Waals surface area (Å²) >= 11 is 1.46. The van der Waals surface area contributed by atoms with Gasteiger partial charge in [0.25, 0.3) is 5.91 Å². The van der Waals surface area contributed by atoms with Crippen LogP contribution in [0.15, 0.2) is 0 Å². The first-order valence-corrected chi connectivity index (χ1v) is 11.0. The average Bonchev–Trinajstić information content (AvgIpc) is 3.20. The Labute approximate surface area is 180 Å². The summed E-state index contributed by atoms with van der Waals surface area (Å²) in [6.07, 6.45) is 1.02. The number of carbonyl (C=O) groups is 3. The monoisotopic (exact) mass is 429 g/mol. The Bertz CT molecular complexity index is 1050. The van der Waals surface area contributed by atoms with Gasteiger partial charge < -0.3 is 14.7 Å². The fourth-order valence-corrected chi connectivity index (χ4v) is 5.44. The van der Waals surface area contributed by atoms with Gasteiger partial charge in [0.1, 0.15) is 11.5 Å². The van der Waals surface area contributed by atoms with Crippen LogP contribution in [-0.2, 0) is 29.1 Å². The van der Waals surface area contributed by atoms with Crippen LogP contribution in [0.1, 0.15) is 44.2 Å². The summed E-state index contributed by atoms with van der Waals surface area (Å²) in [6, 6.07) is 0. The number of hydrogen-bond donors (Lipinski definition) is 0. The molecule has 0 bridgehead atoms. The van der Waals surface area contributed by atoms with E-state index in [1.807, 2.05) is 30.4 Å². The molecule has 0 aromatic carbocycles. The number of aryl methyl sites for hydroxylation is 2. The molecule has 0 unspecified atom stereocenters. The quantitative estimate of drug-likeness (QED) is 0.747. The Balaban J connectivity index is 1.51. The number of rotatable bonds is 3. The molecule has 0 atom stereocenters. The van der Waals surface area contributed by atoms with Gasteiger partial charge in [0.2, 0.25) is 11.8 Å². The molecule has 0 fully saturated rings. The van der Waals surface area contributed by atoms with Crippen molar-refractivity contribution in [3.63, 3.8) is 0 Å². The molecular formula is C21H27N5O3S. The Kier molecular flexibility index (Phi) is 5.17. The van der Waals surface area contributed by atoms with Crippen molar-refractivity contribution in [3.05, 3.63) is 33.0 Å². The molecule has 0 saturated heterocycles. The molecule has 2 aromatic heterocycles. The van der Waals surface area contributed by atoms with Gasteiger partial charge in [0.05, 0.1) is 17.8 Å². The van der Waals surface area contributed by atoms with Crippen LogP contribution in [0.3, 0.4) is 0 Å². The normalized spacial score (nSPS) is 16.6. The van der Waals surface area contributed by atoms with E-state index in [4.69, 9.17) is 0 Å². The summed E-state index contributed by atoms with van der Waals surface area (Å²) in [7, 11) is 3.38. The summed E-state index contributed by atoms with van der Waals surface area (Å²) in [5.41, 5.74) is 4.88. The van der Waals surface area contributed by atoms with Gasteiger partial charge in [-0.05, 0) is 38.3 Å². The van der Waals surface area contributed by atoms with E-state index >= 15 is 0 Å². The van der Waals surface area contributed by atoms with Crippen molar-refractivity contribution in [2.45, 2.75) is 46.7 Å². The SMILES string of the molecule is Cc1nn(CCC(=O)N2CCc3c(sc4c3C(=O)N(C)CC(=O)N4C)C2)c(C)c1C. The molecule has 3 amide bonds. The Morgan fingerprint density at radius 3 is 2.53 bits per heavy atom. The maximum atomic E-state index is 12.9. The molecule has 0 radical (unpaired) electrons. The van der Waals surface area contributed by atoms with Gasteiger partial charge in [0.15, 0.2) is 0 Å². The minimum absolute atomic E-state index is 0.0852. The van der Waals surface area contributed by atoms with Gasteiger partial charge in [-0.1, -0.05) is 0 Å². The number of amides is 3. The molecule has 9 heteroatoms. The molecule has 2 aromatic rings. The van der Waals surface area contributed by atoms with E-state index in [0.717, 1.165) is 21.8 Å². The number of carbonyl (C=O) groups excluding carboxylic acids is 3. The van der Waals surface area contributed by atoms with E-state index in [-0.39, 0.29) is 24.3 Å². The van der Waals surface area contributed by atoms with Crippen LogP contribution in [0.5, 0.6) is 0 Å². The predicted molar refractivity (Wildman–Crippen MR) is 115 cm³/mol. The largest absolute Gasteiger partial charge is 0.337 e. The molecule has 4 rings (SSSR count). The minimum atomic E-state index is -0.111. The van der Waals surface area contributed by atoms with E-state index < -0.39 is 0 Å². The van der Waals surface area contributed by atoms with E-state index in [9.17, 15) is 14.4 Å². The van der Waals surface area contributed by atoms with E-state index in [2.05, 4.69) is 5.10 Å².